The Hall–Kier alpha value is -1.94. The van der Waals surface area contributed by atoms with Gasteiger partial charge in [0, 0.05) is 30.5 Å². The topological polar surface area (TPSA) is 47.0 Å². The fourth-order valence-electron chi connectivity index (χ4n) is 2.47. The molecule has 0 aliphatic heterocycles. The molecule has 0 unspecified atom stereocenters. The minimum atomic E-state index is 0.560. The largest absolute Gasteiger partial charge is 0.380 e. The summed E-state index contributed by atoms with van der Waals surface area (Å²) in [5.74, 6) is 1.70. The molecule has 112 valence electrons. The van der Waals surface area contributed by atoms with Crippen LogP contribution in [0.2, 0.25) is 0 Å². The van der Waals surface area contributed by atoms with Crippen molar-refractivity contribution in [3.05, 3.63) is 41.1 Å². The molecule has 1 aromatic carbocycles. The first kappa shape index (κ1) is 15.4. The van der Waals surface area contributed by atoms with E-state index >= 15 is 0 Å². The van der Waals surface area contributed by atoms with E-state index in [1.54, 1.807) is 7.11 Å². The van der Waals surface area contributed by atoms with E-state index in [0.29, 0.717) is 6.61 Å². The molecule has 1 N–H and O–H groups in total. The predicted octanol–water partition coefficient (Wildman–Crippen LogP) is 3.59. The summed E-state index contributed by atoms with van der Waals surface area (Å²) in [5, 5.41) is 3.35. The smallest absolute Gasteiger partial charge is 0.162 e. The summed E-state index contributed by atoms with van der Waals surface area (Å²) in [6, 6.07) is 8.12. The van der Waals surface area contributed by atoms with E-state index in [1.165, 1.54) is 5.56 Å². The Morgan fingerprint density at radius 1 is 1.14 bits per heavy atom. The average Bonchev–Trinajstić information content (AvgIpc) is 2.48. The van der Waals surface area contributed by atoms with Crippen LogP contribution in [0.15, 0.2) is 24.3 Å². The lowest BCUT2D eigenvalue weighted by Gasteiger charge is -2.14. The molecule has 4 heteroatoms. The van der Waals surface area contributed by atoms with Crippen molar-refractivity contribution >= 4 is 5.82 Å². The molecule has 0 bridgehead atoms. The molecule has 0 radical (unpaired) electrons. The Balaban J connectivity index is 2.54. The molecule has 0 spiro atoms. The number of methoxy groups -OCH3 is 1. The number of anilines is 1. The third-order valence-electron chi connectivity index (χ3n) is 3.47. The van der Waals surface area contributed by atoms with E-state index in [1.807, 2.05) is 25.1 Å². The molecular weight excluding hydrogens is 262 g/mol. The van der Waals surface area contributed by atoms with Gasteiger partial charge in [0.15, 0.2) is 5.82 Å². The van der Waals surface area contributed by atoms with E-state index in [9.17, 15) is 0 Å². The second-order valence-corrected chi connectivity index (χ2v) is 4.93. The van der Waals surface area contributed by atoms with Crippen LogP contribution in [-0.2, 0) is 17.8 Å². The van der Waals surface area contributed by atoms with Gasteiger partial charge in [0.05, 0.1) is 6.61 Å². The minimum absolute atomic E-state index is 0.560. The first-order valence-corrected chi connectivity index (χ1v) is 7.39. The Kier molecular flexibility index (Phi) is 5.28. The molecule has 1 aromatic heterocycles. The fourth-order valence-corrected chi connectivity index (χ4v) is 2.47. The molecule has 0 aliphatic rings. The summed E-state index contributed by atoms with van der Waals surface area (Å²) in [6.45, 7) is 7.66. The third kappa shape index (κ3) is 3.39. The van der Waals surface area contributed by atoms with Crippen molar-refractivity contribution in [1.82, 2.24) is 9.97 Å². The zero-order chi connectivity index (χ0) is 15.2. The number of benzene rings is 1. The van der Waals surface area contributed by atoms with Crippen LogP contribution in [0.3, 0.4) is 0 Å². The van der Waals surface area contributed by atoms with E-state index in [4.69, 9.17) is 14.7 Å². The Bertz CT molecular complexity index is 611. The van der Waals surface area contributed by atoms with Gasteiger partial charge in [-0.1, -0.05) is 31.2 Å². The number of nitrogens with zero attached hydrogens (tertiary/aromatic N) is 2. The molecule has 0 saturated heterocycles. The Labute approximate surface area is 126 Å². The first-order chi connectivity index (χ1) is 10.2. The van der Waals surface area contributed by atoms with Gasteiger partial charge in [-0.25, -0.2) is 9.97 Å². The summed E-state index contributed by atoms with van der Waals surface area (Å²) < 4.78 is 5.27. The van der Waals surface area contributed by atoms with Crippen molar-refractivity contribution in [2.24, 2.45) is 0 Å². The summed E-state index contributed by atoms with van der Waals surface area (Å²) in [5.41, 5.74) is 4.35. The van der Waals surface area contributed by atoms with E-state index in [0.717, 1.165) is 41.4 Å². The van der Waals surface area contributed by atoms with Gasteiger partial charge >= 0.3 is 0 Å². The van der Waals surface area contributed by atoms with E-state index in [-0.39, 0.29) is 0 Å². The number of ether oxygens (including phenoxy) is 1. The van der Waals surface area contributed by atoms with Gasteiger partial charge in [0.1, 0.15) is 5.82 Å². The van der Waals surface area contributed by atoms with Crippen molar-refractivity contribution in [2.75, 3.05) is 19.0 Å². The van der Waals surface area contributed by atoms with Gasteiger partial charge in [0.25, 0.3) is 0 Å². The third-order valence-corrected chi connectivity index (χ3v) is 3.47. The van der Waals surface area contributed by atoms with Gasteiger partial charge in [-0.05, 0) is 25.8 Å². The van der Waals surface area contributed by atoms with Crippen molar-refractivity contribution < 1.29 is 4.74 Å². The lowest BCUT2D eigenvalue weighted by Crippen LogP contribution is -2.08. The van der Waals surface area contributed by atoms with Crippen LogP contribution in [0.1, 0.15) is 30.7 Å². The molecule has 0 fully saturated rings. The van der Waals surface area contributed by atoms with Gasteiger partial charge in [-0.3, -0.25) is 0 Å². The SMILES string of the molecule is CCNc1nc(-c2ccccc2COC)nc(C)c1CC. The Morgan fingerprint density at radius 2 is 1.90 bits per heavy atom. The fraction of sp³-hybridized carbons (Fsp3) is 0.412. The lowest BCUT2D eigenvalue weighted by molar-refractivity contribution is 0.185. The van der Waals surface area contributed by atoms with Crippen LogP contribution in [0, 0.1) is 6.92 Å². The highest BCUT2D eigenvalue weighted by Crippen LogP contribution is 2.25. The van der Waals surface area contributed by atoms with Gasteiger partial charge in [0.2, 0.25) is 0 Å². The second kappa shape index (κ2) is 7.18. The van der Waals surface area contributed by atoms with Crippen molar-refractivity contribution in [1.29, 1.82) is 0 Å². The molecule has 0 aliphatic carbocycles. The van der Waals surface area contributed by atoms with Crippen LogP contribution in [0.25, 0.3) is 11.4 Å². The molecule has 21 heavy (non-hydrogen) atoms. The number of aryl methyl sites for hydroxylation is 1. The molecule has 0 saturated carbocycles. The van der Waals surface area contributed by atoms with E-state index < -0.39 is 0 Å². The van der Waals surface area contributed by atoms with Crippen LogP contribution >= 0.6 is 0 Å². The maximum Gasteiger partial charge on any atom is 0.162 e. The van der Waals surface area contributed by atoms with Crippen LogP contribution in [-0.4, -0.2) is 23.6 Å². The van der Waals surface area contributed by atoms with Crippen LogP contribution in [0.4, 0.5) is 5.82 Å². The normalized spacial score (nSPS) is 10.7. The number of rotatable bonds is 6. The molecule has 1 heterocycles. The Morgan fingerprint density at radius 3 is 2.57 bits per heavy atom. The number of hydrogen-bond donors (Lipinski definition) is 1. The molecule has 0 amide bonds. The quantitative estimate of drug-likeness (QED) is 0.881. The van der Waals surface area contributed by atoms with Gasteiger partial charge in [-0.15, -0.1) is 0 Å². The summed E-state index contributed by atoms with van der Waals surface area (Å²) in [6.07, 6.45) is 0.925. The molecule has 2 rings (SSSR count). The summed E-state index contributed by atoms with van der Waals surface area (Å²) in [4.78, 5) is 9.42. The number of nitrogens with one attached hydrogen (secondary N) is 1. The van der Waals surface area contributed by atoms with Gasteiger partial charge < -0.3 is 10.1 Å². The second-order valence-electron chi connectivity index (χ2n) is 4.93. The zero-order valence-corrected chi connectivity index (χ0v) is 13.2. The summed E-state index contributed by atoms with van der Waals surface area (Å²) in [7, 11) is 1.70. The predicted molar refractivity (Wildman–Crippen MR) is 86.5 cm³/mol. The lowest BCUT2D eigenvalue weighted by atomic mass is 10.1. The van der Waals surface area contributed by atoms with Gasteiger partial charge in [-0.2, -0.15) is 0 Å². The zero-order valence-electron chi connectivity index (χ0n) is 13.2. The van der Waals surface area contributed by atoms with Crippen molar-refractivity contribution in [3.63, 3.8) is 0 Å². The number of hydrogen-bond acceptors (Lipinski definition) is 4. The standard InChI is InChI=1S/C17H23N3O/c1-5-14-12(3)19-17(20-16(14)18-6-2)15-10-8-7-9-13(15)11-21-4/h7-10H,5-6,11H2,1-4H3,(H,18,19,20). The molecule has 4 nitrogen and oxygen atoms in total. The average molecular weight is 285 g/mol. The molecular formula is C17H23N3O. The molecule has 2 aromatic rings. The van der Waals surface area contributed by atoms with Crippen LogP contribution < -0.4 is 5.32 Å². The first-order valence-electron chi connectivity index (χ1n) is 7.39. The number of aromatic nitrogens is 2. The maximum atomic E-state index is 5.27. The highest BCUT2D eigenvalue weighted by atomic mass is 16.5. The van der Waals surface area contributed by atoms with Crippen molar-refractivity contribution in [3.8, 4) is 11.4 Å². The molecule has 0 atom stereocenters. The highest BCUT2D eigenvalue weighted by Gasteiger charge is 2.13. The van der Waals surface area contributed by atoms with Crippen LogP contribution in [0.5, 0.6) is 0 Å². The monoisotopic (exact) mass is 285 g/mol. The highest BCUT2D eigenvalue weighted by molar-refractivity contribution is 5.63. The maximum absolute atomic E-state index is 5.27. The summed E-state index contributed by atoms with van der Waals surface area (Å²) >= 11 is 0. The van der Waals surface area contributed by atoms with Crippen molar-refractivity contribution in [2.45, 2.75) is 33.8 Å². The minimum Gasteiger partial charge on any atom is -0.380 e. The van der Waals surface area contributed by atoms with E-state index in [2.05, 4.69) is 25.2 Å².